The number of nitro groups is 1. The fourth-order valence-corrected chi connectivity index (χ4v) is 3.33. The molecule has 0 spiro atoms. The van der Waals surface area contributed by atoms with E-state index >= 15 is 0 Å². The molecule has 0 N–H and O–H groups in total. The molecule has 0 bridgehead atoms. The van der Waals surface area contributed by atoms with Gasteiger partial charge in [0, 0.05) is 27.7 Å². The van der Waals surface area contributed by atoms with E-state index in [9.17, 15) is 10.1 Å². The number of nitriles is 1. The smallest absolute Gasteiger partial charge is 0.269 e. The van der Waals surface area contributed by atoms with Crippen LogP contribution >= 0.6 is 15.9 Å². The first-order chi connectivity index (χ1) is 16.0. The molecule has 0 unspecified atom stereocenters. The minimum absolute atomic E-state index is 0.00580. The van der Waals surface area contributed by atoms with Crippen LogP contribution in [0.15, 0.2) is 70.3 Å². The lowest BCUT2D eigenvalue weighted by atomic mass is 10.1. The third kappa shape index (κ3) is 6.54. The molecule has 0 aliphatic carbocycles. The molecule has 0 radical (unpaired) electrons. The molecule has 168 valence electrons. The Labute approximate surface area is 199 Å². The van der Waals surface area contributed by atoms with Crippen molar-refractivity contribution in [2.45, 2.75) is 20.1 Å². The van der Waals surface area contributed by atoms with Gasteiger partial charge in [-0.25, -0.2) is 0 Å². The molecular weight excluding hydrogens is 490 g/mol. The largest absolute Gasteiger partial charge is 0.490 e. The Balaban J connectivity index is 1.71. The molecule has 3 rings (SSSR count). The van der Waals surface area contributed by atoms with Crippen LogP contribution in [-0.4, -0.2) is 17.7 Å². The van der Waals surface area contributed by atoms with E-state index in [-0.39, 0.29) is 18.9 Å². The van der Waals surface area contributed by atoms with Gasteiger partial charge in [-0.1, -0.05) is 35.5 Å². The Kier molecular flexibility index (Phi) is 8.38. The van der Waals surface area contributed by atoms with Crippen LogP contribution in [0.25, 0.3) is 0 Å². The van der Waals surface area contributed by atoms with E-state index in [2.05, 4.69) is 27.2 Å². The summed E-state index contributed by atoms with van der Waals surface area (Å²) in [4.78, 5) is 15.9. The van der Waals surface area contributed by atoms with Crippen molar-refractivity contribution in [1.29, 1.82) is 5.26 Å². The highest BCUT2D eigenvalue weighted by atomic mass is 79.9. The SMILES string of the molecule is CCOc1cc(/C=N\OCc2ccccc2C#N)c(Br)cc1OCc1cccc([N+](=O)[O-])c1. The minimum atomic E-state index is -0.444. The van der Waals surface area contributed by atoms with Crippen LogP contribution in [0.1, 0.15) is 29.2 Å². The third-order valence-electron chi connectivity index (χ3n) is 4.50. The second-order valence-electron chi connectivity index (χ2n) is 6.75. The first kappa shape index (κ1) is 23.8. The van der Waals surface area contributed by atoms with Gasteiger partial charge in [0.15, 0.2) is 11.5 Å². The van der Waals surface area contributed by atoms with Gasteiger partial charge in [-0.15, -0.1) is 0 Å². The zero-order valence-corrected chi connectivity index (χ0v) is 19.3. The van der Waals surface area contributed by atoms with Crippen LogP contribution in [0.3, 0.4) is 0 Å². The number of halogens is 1. The molecule has 3 aromatic carbocycles. The number of benzene rings is 3. The molecule has 0 saturated carbocycles. The topological polar surface area (TPSA) is 107 Å². The Morgan fingerprint density at radius 3 is 2.64 bits per heavy atom. The van der Waals surface area contributed by atoms with Crippen LogP contribution in [-0.2, 0) is 18.1 Å². The maximum absolute atomic E-state index is 11.0. The molecular formula is C24H20BrN3O5. The fraction of sp³-hybridized carbons (Fsp3) is 0.167. The summed E-state index contributed by atoms with van der Waals surface area (Å²) in [6.45, 7) is 2.59. The number of non-ortho nitro benzene ring substituents is 1. The van der Waals surface area contributed by atoms with E-state index < -0.39 is 4.92 Å². The summed E-state index contributed by atoms with van der Waals surface area (Å²) in [7, 11) is 0. The number of nitrogens with zero attached hydrogens (tertiary/aromatic N) is 3. The molecule has 9 heteroatoms. The maximum Gasteiger partial charge on any atom is 0.269 e. The fourth-order valence-electron chi connectivity index (χ4n) is 2.91. The highest BCUT2D eigenvalue weighted by Crippen LogP contribution is 2.34. The Morgan fingerprint density at radius 2 is 1.88 bits per heavy atom. The molecule has 0 fully saturated rings. The molecule has 8 nitrogen and oxygen atoms in total. The average Bonchev–Trinajstić information content (AvgIpc) is 2.83. The van der Waals surface area contributed by atoms with Crippen LogP contribution < -0.4 is 9.47 Å². The second-order valence-corrected chi connectivity index (χ2v) is 7.60. The highest BCUT2D eigenvalue weighted by molar-refractivity contribution is 9.10. The van der Waals surface area contributed by atoms with E-state index in [0.717, 1.165) is 5.56 Å². The Hall–Kier alpha value is -3.90. The first-order valence-corrected chi connectivity index (χ1v) is 10.8. The predicted octanol–water partition coefficient (Wildman–Crippen LogP) is 5.76. The summed E-state index contributed by atoms with van der Waals surface area (Å²) in [5, 5.41) is 24.1. The van der Waals surface area contributed by atoms with Crippen molar-refractivity contribution in [3.63, 3.8) is 0 Å². The summed E-state index contributed by atoms with van der Waals surface area (Å²) < 4.78 is 12.3. The monoisotopic (exact) mass is 509 g/mol. The summed E-state index contributed by atoms with van der Waals surface area (Å²) in [5.74, 6) is 0.985. The zero-order chi connectivity index (χ0) is 23.6. The number of hydrogen-bond acceptors (Lipinski definition) is 7. The first-order valence-electron chi connectivity index (χ1n) is 9.97. The molecule has 0 aliphatic heterocycles. The normalized spacial score (nSPS) is 10.6. The molecule has 0 saturated heterocycles. The van der Waals surface area contributed by atoms with Crippen molar-refractivity contribution in [2.24, 2.45) is 5.16 Å². The van der Waals surface area contributed by atoms with Gasteiger partial charge < -0.3 is 14.3 Å². The predicted molar refractivity (Wildman–Crippen MR) is 126 cm³/mol. The number of oxime groups is 1. The molecule has 0 aromatic heterocycles. The van der Waals surface area contributed by atoms with Crippen molar-refractivity contribution in [2.75, 3.05) is 6.61 Å². The molecule has 0 heterocycles. The van der Waals surface area contributed by atoms with Crippen LogP contribution in [0.4, 0.5) is 5.69 Å². The second kappa shape index (κ2) is 11.6. The van der Waals surface area contributed by atoms with E-state index in [1.54, 1.807) is 36.4 Å². The van der Waals surface area contributed by atoms with Gasteiger partial charge in [0.1, 0.15) is 13.2 Å². The van der Waals surface area contributed by atoms with Gasteiger partial charge in [-0.2, -0.15) is 5.26 Å². The summed E-state index contributed by atoms with van der Waals surface area (Å²) in [6, 6.07) is 19.1. The molecule has 33 heavy (non-hydrogen) atoms. The molecule has 3 aromatic rings. The highest BCUT2D eigenvalue weighted by Gasteiger charge is 2.12. The van der Waals surface area contributed by atoms with Crippen molar-refractivity contribution in [3.05, 3.63) is 97.5 Å². The zero-order valence-electron chi connectivity index (χ0n) is 17.7. The van der Waals surface area contributed by atoms with E-state index in [1.165, 1.54) is 18.3 Å². The number of hydrogen-bond donors (Lipinski definition) is 0. The van der Waals surface area contributed by atoms with Crippen molar-refractivity contribution < 1.29 is 19.2 Å². The van der Waals surface area contributed by atoms with Crippen molar-refractivity contribution in [1.82, 2.24) is 0 Å². The molecule has 0 aliphatic rings. The lowest BCUT2D eigenvalue weighted by Crippen LogP contribution is -2.01. The minimum Gasteiger partial charge on any atom is -0.490 e. The lowest BCUT2D eigenvalue weighted by Gasteiger charge is -2.14. The Morgan fingerprint density at radius 1 is 1.09 bits per heavy atom. The third-order valence-corrected chi connectivity index (χ3v) is 5.19. The number of nitro benzene ring substituents is 1. The average molecular weight is 510 g/mol. The van der Waals surface area contributed by atoms with Gasteiger partial charge in [0.2, 0.25) is 0 Å². The Bertz CT molecular complexity index is 1210. The van der Waals surface area contributed by atoms with E-state index in [1.807, 2.05) is 19.1 Å². The van der Waals surface area contributed by atoms with Gasteiger partial charge in [0.25, 0.3) is 5.69 Å². The van der Waals surface area contributed by atoms with Crippen LogP contribution in [0.2, 0.25) is 0 Å². The van der Waals surface area contributed by atoms with Crippen molar-refractivity contribution in [3.8, 4) is 17.6 Å². The molecule has 0 atom stereocenters. The standard InChI is InChI=1S/C24H20BrN3O5/c1-2-31-23-11-20(14-27-33-16-19-8-4-3-7-18(19)13-26)22(25)12-24(23)32-15-17-6-5-9-21(10-17)28(29)30/h3-12,14H,2,15-16H2,1H3/b27-14-. The van der Waals surface area contributed by atoms with Gasteiger partial charge in [-0.3, -0.25) is 10.1 Å². The summed E-state index contributed by atoms with van der Waals surface area (Å²) in [6.07, 6.45) is 1.53. The van der Waals surface area contributed by atoms with E-state index in [4.69, 9.17) is 19.6 Å². The maximum atomic E-state index is 11.0. The lowest BCUT2D eigenvalue weighted by molar-refractivity contribution is -0.384. The van der Waals surface area contributed by atoms with Crippen LogP contribution in [0, 0.1) is 21.4 Å². The molecule has 0 amide bonds. The number of ether oxygens (including phenoxy) is 2. The van der Waals surface area contributed by atoms with Gasteiger partial charge in [0.05, 0.1) is 29.4 Å². The summed E-state index contributed by atoms with van der Waals surface area (Å²) in [5.41, 5.74) is 2.66. The van der Waals surface area contributed by atoms with Crippen LogP contribution in [0.5, 0.6) is 11.5 Å². The van der Waals surface area contributed by atoms with Gasteiger partial charge >= 0.3 is 0 Å². The van der Waals surface area contributed by atoms with Gasteiger partial charge in [-0.05, 0) is 46.6 Å². The van der Waals surface area contributed by atoms with E-state index in [0.29, 0.717) is 39.3 Å². The van der Waals surface area contributed by atoms with Crippen molar-refractivity contribution >= 4 is 27.8 Å². The number of rotatable bonds is 10. The summed E-state index contributed by atoms with van der Waals surface area (Å²) >= 11 is 3.49. The quantitative estimate of drug-likeness (QED) is 0.195.